The number of rotatable bonds is 8. The van der Waals surface area contributed by atoms with Gasteiger partial charge >= 0.3 is 12.0 Å². The summed E-state index contributed by atoms with van der Waals surface area (Å²) >= 11 is 0. The van der Waals surface area contributed by atoms with Crippen LogP contribution in [0, 0.1) is 5.82 Å². The average Bonchev–Trinajstić information content (AvgIpc) is 3.00. The molecule has 1 aromatic heterocycles. The molecule has 25 heavy (non-hydrogen) atoms. The molecule has 0 aliphatic heterocycles. The largest absolute Gasteiger partial charge is 0.466 e. The molecule has 0 saturated carbocycles. The number of carbonyl (C=O) groups excluding carboxylic acids is 2. The van der Waals surface area contributed by atoms with Crippen LogP contribution in [0.15, 0.2) is 42.6 Å². The Morgan fingerprint density at radius 2 is 2.04 bits per heavy atom. The number of hydrogen-bond donors (Lipinski definition) is 2. The van der Waals surface area contributed by atoms with E-state index < -0.39 is 0 Å². The van der Waals surface area contributed by atoms with Crippen LogP contribution >= 0.6 is 0 Å². The van der Waals surface area contributed by atoms with Crippen LogP contribution in [0.25, 0.3) is 0 Å². The van der Waals surface area contributed by atoms with Gasteiger partial charge in [-0.05, 0) is 36.8 Å². The Balaban J connectivity index is 1.79. The molecule has 2 rings (SSSR count). The van der Waals surface area contributed by atoms with Crippen LogP contribution in [0.1, 0.15) is 24.6 Å². The third-order valence-corrected chi connectivity index (χ3v) is 3.52. The lowest BCUT2D eigenvalue weighted by molar-refractivity contribution is -0.142. The van der Waals surface area contributed by atoms with Crippen molar-refractivity contribution in [3.8, 4) is 0 Å². The zero-order valence-corrected chi connectivity index (χ0v) is 14.1. The number of aromatic nitrogens is 1. The maximum atomic E-state index is 13.3. The molecule has 134 valence electrons. The summed E-state index contributed by atoms with van der Waals surface area (Å²) in [6, 6.07) is 9.81. The molecule has 0 radical (unpaired) electrons. The third-order valence-electron chi connectivity index (χ3n) is 3.52. The Morgan fingerprint density at radius 3 is 2.80 bits per heavy atom. The predicted molar refractivity (Wildman–Crippen MR) is 91.4 cm³/mol. The monoisotopic (exact) mass is 347 g/mol. The van der Waals surface area contributed by atoms with Gasteiger partial charge in [0.1, 0.15) is 5.82 Å². The molecule has 2 N–H and O–H groups in total. The third kappa shape index (κ3) is 6.29. The maximum absolute atomic E-state index is 13.3. The molecule has 1 heterocycles. The van der Waals surface area contributed by atoms with Gasteiger partial charge in [0, 0.05) is 25.0 Å². The van der Waals surface area contributed by atoms with Gasteiger partial charge in [-0.25, -0.2) is 9.18 Å². The summed E-state index contributed by atoms with van der Waals surface area (Å²) in [5.74, 6) is -0.614. The smallest absolute Gasteiger partial charge is 0.315 e. The minimum atomic E-state index is -0.359. The maximum Gasteiger partial charge on any atom is 0.315 e. The topological polar surface area (TPSA) is 72.4 Å². The summed E-state index contributed by atoms with van der Waals surface area (Å²) in [4.78, 5) is 22.9. The molecule has 2 amide bonds. The van der Waals surface area contributed by atoms with Gasteiger partial charge in [-0.3, -0.25) is 4.79 Å². The Kier molecular flexibility index (Phi) is 7.00. The van der Waals surface area contributed by atoms with Crippen molar-refractivity contribution >= 4 is 12.0 Å². The molecule has 7 heteroatoms. The second-order valence-corrected chi connectivity index (χ2v) is 5.42. The SMILES string of the molecule is CCOC(=O)CCNC(=O)NCc1cccn1Cc1cccc(F)c1. The van der Waals surface area contributed by atoms with Crippen LogP contribution in [0.4, 0.5) is 9.18 Å². The van der Waals surface area contributed by atoms with E-state index in [-0.39, 0.29) is 30.8 Å². The highest BCUT2D eigenvalue weighted by Gasteiger charge is 2.07. The van der Waals surface area contributed by atoms with Crippen molar-refractivity contribution in [2.45, 2.75) is 26.4 Å². The molecular formula is C18H22FN3O3. The number of amides is 2. The quantitative estimate of drug-likeness (QED) is 0.721. The Morgan fingerprint density at radius 1 is 1.20 bits per heavy atom. The highest BCUT2D eigenvalue weighted by molar-refractivity contribution is 5.75. The van der Waals surface area contributed by atoms with Gasteiger partial charge in [-0.2, -0.15) is 0 Å². The first kappa shape index (κ1) is 18.5. The Bertz CT molecular complexity index is 715. The van der Waals surface area contributed by atoms with Gasteiger partial charge < -0.3 is 19.9 Å². The standard InChI is InChI=1S/C18H22FN3O3/c1-2-25-17(23)8-9-20-18(24)21-12-16-7-4-10-22(16)13-14-5-3-6-15(19)11-14/h3-7,10-11H,2,8-9,12-13H2,1H3,(H2,20,21,24). The van der Waals surface area contributed by atoms with E-state index in [1.807, 2.05) is 29.0 Å². The van der Waals surface area contributed by atoms with E-state index in [2.05, 4.69) is 10.6 Å². The van der Waals surface area contributed by atoms with Crippen LogP contribution in [0.3, 0.4) is 0 Å². The lowest BCUT2D eigenvalue weighted by Crippen LogP contribution is -2.36. The number of nitrogens with one attached hydrogen (secondary N) is 2. The molecule has 0 aliphatic rings. The van der Waals surface area contributed by atoms with E-state index in [0.29, 0.717) is 19.7 Å². The summed E-state index contributed by atoms with van der Waals surface area (Å²) < 4.78 is 20.0. The fourth-order valence-electron chi connectivity index (χ4n) is 2.34. The minimum absolute atomic E-state index is 0.136. The zero-order valence-electron chi connectivity index (χ0n) is 14.1. The first-order valence-electron chi connectivity index (χ1n) is 8.14. The number of benzene rings is 1. The van der Waals surface area contributed by atoms with Crippen LogP contribution in [0.5, 0.6) is 0 Å². The number of ether oxygens (including phenoxy) is 1. The van der Waals surface area contributed by atoms with Crippen molar-refractivity contribution in [1.29, 1.82) is 0 Å². The van der Waals surface area contributed by atoms with Crippen LogP contribution < -0.4 is 10.6 Å². The molecule has 0 fully saturated rings. The molecule has 6 nitrogen and oxygen atoms in total. The lowest BCUT2D eigenvalue weighted by atomic mass is 10.2. The summed E-state index contributed by atoms with van der Waals surface area (Å²) in [6.45, 7) is 3.12. The number of carbonyl (C=O) groups is 2. The predicted octanol–water partition coefficient (Wildman–Crippen LogP) is 2.43. The van der Waals surface area contributed by atoms with E-state index in [4.69, 9.17) is 4.74 Å². The van der Waals surface area contributed by atoms with Crippen LogP contribution in [-0.4, -0.2) is 29.7 Å². The van der Waals surface area contributed by atoms with E-state index in [1.54, 1.807) is 13.0 Å². The minimum Gasteiger partial charge on any atom is -0.466 e. The van der Waals surface area contributed by atoms with Gasteiger partial charge in [0.25, 0.3) is 0 Å². The molecule has 0 atom stereocenters. The number of nitrogens with zero attached hydrogens (tertiary/aromatic N) is 1. The lowest BCUT2D eigenvalue weighted by Gasteiger charge is -2.11. The number of hydrogen-bond acceptors (Lipinski definition) is 3. The number of halogens is 1. The first-order valence-corrected chi connectivity index (χ1v) is 8.14. The van der Waals surface area contributed by atoms with Gasteiger partial charge in [-0.15, -0.1) is 0 Å². The fraction of sp³-hybridized carbons (Fsp3) is 0.333. The number of esters is 1. The van der Waals surface area contributed by atoms with Crippen molar-refractivity contribution in [3.63, 3.8) is 0 Å². The van der Waals surface area contributed by atoms with Gasteiger partial charge in [-0.1, -0.05) is 12.1 Å². The van der Waals surface area contributed by atoms with Crippen molar-refractivity contribution in [2.75, 3.05) is 13.2 Å². The summed E-state index contributed by atoms with van der Waals surface area (Å²) in [5, 5.41) is 5.33. The molecule has 0 unspecified atom stereocenters. The van der Waals surface area contributed by atoms with Crippen LogP contribution in [-0.2, 0) is 22.6 Å². The van der Waals surface area contributed by atoms with Gasteiger partial charge in [0.05, 0.1) is 19.6 Å². The molecule has 0 bridgehead atoms. The second-order valence-electron chi connectivity index (χ2n) is 5.42. The molecule has 0 spiro atoms. The summed E-state index contributed by atoms with van der Waals surface area (Å²) in [5.41, 5.74) is 1.74. The highest BCUT2D eigenvalue weighted by Crippen LogP contribution is 2.09. The Hall–Kier alpha value is -2.83. The van der Waals surface area contributed by atoms with Gasteiger partial charge in [0.15, 0.2) is 0 Å². The second kappa shape index (κ2) is 9.46. The highest BCUT2D eigenvalue weighted by atomic mass is 19.1. The van der Waals surface area contributed by atoms with Crippen molar-refractivity contribution in [3.05, 3.63) is 59.7 Å². The summed E-state index contributed by atoms with van der Waals surface area (Å²) in [6.07, 6.45) is 2.01. The van der Waals surface area contributed by atoms with Crippen molar-refractivity contribution in [2.24, 2.45) is 0 Å². The fourth-order valence-corrected chi connectivity index (χ4v) is 2.34. The normalized spacial score (nSPS) is 10.3. The molecule has 1 aromatic carbocycles. The molecular weight excluding hydrogens is 325 g/mol. The molecule has 0 saturated heterocycles. The van der Waals surface area contributed by atoms with Crippen molar-refractivity contribution in [1.82, 2.24) is 15.2 Å². The van der Waals surface area contributed by atoms with Crippen LogP contribution in [0.2, 0.25) is 0 Å². The molecule has 2 aromatic rings. The van der Waals surface area contributed by atoms with E-state index in [0.717, 1.165) is 11.3 Å². The van der Waals surface area contributed by atoms with Crippen molar-refractivity contribution < 1.29 is 18.7 Å². The van der Waals surface area contributed by atoms with E-state index >= 15 is 0 Å². The molecule has 0 aliphatic carbocycles. The zero-order chi connectivity index (χ0) is 18.1. The average molecular weight is 347 g/mol. The van der Waals surface area contributed by atoms with E-state index in [9.17, 15) is 14.0 Å². The van der Waals surface area contributed by atoms with E-state index in [1.165, 1.54) is 12.1 Å². The summed E-state index contributed by atoms with van der Waals surface area (Å²) in [7, 11) is 0. The first-order chi connectivity index (χ1) is 12.1. The Labute approximate surface area is 146 Å². The van der Waals surface area contributed by atoms with Gasteiger partial charge in [0.2, 0.25) is 0 Å². The number of urea groups is 1.